The van der Waals surface area contributed by atoms with Crippen LogP contribution in [0.3, 0.4) is 0 Å². The van der Waals surface area contributed by atoms with Crippen LogP contribution in [-0.4, -0.2) is 33.5 Å². The fourth-order valence-electron chi connectivity index (χ4n) is 2.21. The summed E-state index contributed by atoms with van der Waals surface area (Å²) in [5, 5.41) is 0. The molecule has 2 rings (SSSR count). The summed E-state index contributed by atoms with van der Waals surface area (Å²) in [6.45, 7) is 4.15. The molecule has 7 heteroatoms. The van der Waals surface area contributed by atoms with E-state index in [1.54, 1.807) is 24.3 Å². The first-order chi connectivity index (χ1) is 10.5. The smallest absolute Gasteiger partial charge is 0.305 e. The summed E-state index contributed by atoms with van der Waals surface area (Å²) >= 11 is 0. The number of esters is 2. The maximum atomic E-state index is 12.3. The van der Waals surface area contributed by atoms with E-state index in [9.17, 15) is 13.8 Å². The lowest BCUT2D eigenvalue weighted by molar-refractivity contribution is -0.186. The highest BCUT2D eigenvalue weighted by atomic mass is 32.2. The molecule has 0 N–H and O–H groups in total. The molecule has 22 heavy (non-hydrogen) atoms. The Morgan fingerprint density at radius 2 is 1.55 bits per heavy atom. The average molecular weight is 325 g/mol. The van der Waals surface area contributed by atoms with Gasteiger partial charge in [0.05, 0.1) is 4.90 Å². The SMILES string of the molecule is CC(=O)OC(OC(C)=O)c1ccc(S(=O)N2CCCC2)cc1. The Hall–Kier alpha value is -1.73. The monoisotopic (exact) mass is 325 g/mol. The first kappa shape index (κ1) is 16.6. The lowest BCUT2D eigenvalue weighted by Gasteiger charge is -2.18. The van der Waals surface area contributed by atoms with E-state index in [4.69, 9.17) is 9.47 Å². The van der Waals surface area contributed by atoms with Crippen molar-refractivity contribution in [2.24, 2.45) is 0 Å². The lowest BCUT2D eigenvalue weighted by Crippen LogP contribution is -2.22. The highest BCUT2D eigenvalue weighted by Crippen LogP contribution is 2.23. The molecule has 0 aliphatic carbocycles. The normalized spacial score (nSPS) is 16.5. The molecule has 0 spiro atoms. The molecule has 6 nitrogen and oxygen atoms in total. The summed E-state index contributed by atoms with van der Waals surface area (Å²) in [6.07, 6.45) is 1.04. The van der Waals surface area contributed by atoms with Gasteiger partial charge in [0, 0.05) is 32.5 Å². The van der Waals surface area contributed by atoms with Crippen molar-refractivity contribution in [3.05, 3.63) is 29.8 Å². The maximum absolute atomic E-state index is 12.3. The van der Waals surface area contributed by atoms with E-state index in [0.717, 1.165) is 25.9 Å². The van der Waals surface area contributed by atoms with Crippen molar-refractivity contribution in [2.75, 3.05) is 13.1 Å². The number of nitrogens with zero attached hydrogens (tertiary/aromatic N) is 1. The Morgan fingerprint density at radius 1 is 1.05 bits per heavy atom. The Morgan fingerprint density at radius 3 is 2.00 bits per heavy atom. The minimum Gasteiger partial charge on any atom is -0.421 e. The van der Waals surface area contributed by atoms with Gasteiger partial charge in [-0.05, 0) is 25.0 Å². The molecule has 1 unspecified atom stereocenters. The number of hydrogen-bond acceptors (Lipinski definition) is 5. The molecule has 1 aliphatic heterocycles. The predicted octanol–water partition coefficient (Wildman–Crippen LogP) is 1.93. The van der Waals surface area contributed by atoms with Crippen molar-refractivity contribution >= 4 is 22.9 Å². The highest BCUT2D eigenvalue weighted by Gasteiger charge is 2.21. The Bertz CT molecular complexity index is 550. The Kier molecular flexibility index (Phi) is 5.68. The van der Waals surface area contributed by atoms with Crippen LogP contribution in [0.2, 0.25) is 0 Å². The molecule has 1 aliphatic rings. The molecule has 120 valence electrons. The molecule has 0 aromatic heterocycles. The van der Waals surface area contributed by atoms with Crippen molar-refractivity contribution in [2.45, 2.75) is 37.9 Å². The van der Waals surface area contributed by atoms with E-state index in [1.807, 2.05) is 4.31 Å². The van der Waals surface area contributed by atoms with Crippen LogP contribution in [0.25, 0.3) is 0 Å². The third-order valence-electron chi connectivity index (χ3n) is 3.20. The van der Waals surface area contributed by atoms with Gasteiger partial charge >= 0.3 is 11.9 Å². The highest BCUT2D eigenvalue weighted by molar-refractivity contribution is 7.82. The van der Waals surface area contributed by atoms with Gasteiger partial charge in [-0.1, -0.05) is 12.1 Å². The topological polar surface area (TPSA) is 72.9 Å². The zero-order chi connectivity index (χ0) is 16.1. The minimum atomic E-state index is -1.18. The molecule has 0 bridgehead atoms. The van der Waals surface area contributed by atoms with Crippen molar-refractivity contribution in [3.63, 3.8) is 0 Å². The van der Waals surface area contributed by atoms with Crippen LogP contribution in [0.4, 0.5) is 0 Å². The van der Waals surface area contributed by atoms with Crippen LogP contribution in [-0.2, 0) is 30.0 Å². The first-order valence-electron chi connectivity index (χ1n) is 7.08. The minimum absolute atomic E-state index is 0.521. The Labute approximate surface area is 132 Å². The predicted molar refractivity (Wildman–Crippen MR) is 79.9 cm³/mol. The summed E-state index contributed by atoms with van der Waals surface area (Å²) in [4.78, 5) is 22.9. The van der Waals surface area contributed by atoms with E-state index in [-0.39, 0.29) is 0 Å². The van der Waals surface area contributed by atoms with E-state index >= 15 is 0 Å². The van der Waals surface area contributed by atoms with Gasteiger partial charge < -0.3 is 9.47 Å². The second-order valence-corrected chi connectivity index (χ2v) is 6.49. The van der Waals surface area contributed by atoms with Crippen molar-refractivity contribution < 1.29 is 23.3 Å². The quantitative estimate of drug-likeness (QED) is 0.611. The number of rotatable bonds is 5. The summed E-state index contributed by atoms with van der Waals surface area (Å²) < 4.78 is 24.2. The van der Waals surface area contributed by atoms with Crippen LogP contribution >= 0.6 is 0 Å². The van der Waals surface area contributed by atoms with Crippen molar-refractivity contribution in [1.82, 2.24) is 4.31 Å². The molecule has 1 atom stereocenters. The van der Waals surface area contributed by atoms with Gasteiger partial charge in [-0.25, -0.2) is 8.51 Å². The first-order valence-corrected chi connectivity index (χ1v) is 8.19. The largest absolute Gasteiger partial charge is 0.421 e. The lowest BCUT2D eigenvalue weighted by atomic mass is 10.2. The summed E-state index contributed by atoms with van der Waals surface area (Å²) in [5.74, 6) is -1.09. The molecular weight excluding hydrogens is 306 g/mol. The van der Waals surface area contributed by atoms with Crippen molar-refractivity contribution in [1.29, 1.82) is 0 Å². The van der Waals surface area contributed by atoms with Gasteiger partial charge in [-0.3, -0.25) is 9.59 Å². The summed E-state index contributed by atoms with van der Waals surface area (Å²) in [7, 11) is -1.18. The zero-order valence-corrected chi connectivity index (χ0v) is 13.4. The van der Waals surface area contributed by atoms with Crippen LogP contribution in [0.15, 0.2) is 29.2 Å². The maximum Gasteiger partial charge on any atom is 0.305 e. The molecule has 0 radical (unpaired) electrons. The molecule has 1 heterocycles. The fraction of sp³-hybridized carbons (Fsp3) is 0.467. The van der Waals surface area contributed by atoms with Crippen LogP contribution < -0.4 is 0 Å². The summed E-state index contributed by atoms with van der Waals surface area (Å²) in [6, 6.07) is 6.70. The van der Waals surface area contributed by atoms with E-state index < -0.39 is 29.2 Å². The summed E-state index contributed by atoms with van der Waals surface area (Å²) in [5.41, 5.74) is 0.521. The van der Waals surface area contributed by atoms with Crippen LogP contribution in [0.5, 0.6) is 0 Å². The second kappa shape index (κ2) is 7.51. The number of benzene rings is 1. The molecule has 1 aromatic rings. The van der Waals surface area contributed by atoms with E-state index in [1.165, 1.54) is 13.8 Å². The van der Waals surface area contributed by atoms with Gasteiger partial charge in [-0.15, -0.1) is 0 Å². The van der Waals surface area contributed by atoms with Gasteiger partial charge in [0.25, 0.3) is 6.29 Å². The number of hydrogen-bond donors (Lipinski definition) is 0. The van der Waals surface area contributed by atoms with Crippen LogP contribution in [0, 0.1) is 0 Å². The van der Waals surface area contributed by atoms with E-state index in [2.05, 4.69) is 0 Å². The average Bonchev–Trinajstić information content (AvgIpc) is 2.99. The third-order valence-corrected chi connectivity index (χ3v) is 4.71. The molecule has 0 saturated carbocycles. The number of carbonyl (C=O) groups is 2. The van der Waals surface area contributed by atoms with Crippen molar-refractivity contribution in [3.8, 4) is 0 Å². The molecule has 1 saturated heterocycles. The van der Waals surface area contributed by atoms with E-state index in [0.29, 0.717) is 10.5 Å². The number of carbonyl (C=O) groups excluding carboxylic acids is 2. The molecule has 1 aromatic carbocycles. The van der Waals surface area contributed by atoms with Gasteiger partial charge in [0.15, 0.2) is 0 Å². The second-order valence-electron chi connectivity index (χ2n) is 5.01. The van der Waals surface area contributed by atoms with Gasteiger partial charge in [0.2, 0.25) is 0 Å². The third kappa shape index (κ3) is 4.38. The van der Waals surface area contributed by atoms with Crippen LogP contribution in [0.1, 0.15) is 38.5 Å². The Balaban J connectivity index is 2.12. The van der Waals surface area contributed by atoms with Gasteiger partial charge in [0.1, 0.15) is 11.0 Å². The number of ether oxygens (including phenoxy) is 2. The molecule has 1 fully saturated rings. The standard InChI is InChI=1S/C15H19NO5S/c1-11(17)20-15(21-12(2)18)13-5-7-14(8-6-13)22(19)16-9-3-4-10-16/h5-8,15H,3-4,9-10H2,1-2H3. The fourth-order valence-corrected chi connectivity index (χ4v) is 3.46. The molecule has 0 amide bonds. The van der Waals surface area contributed by atoms with Gasteiger partial charge in [-0.2, -0.15) is 0 Å². The molecular formula is C15H19NO5S. The zero-order valence-electron chi connectivity index (χ0n) is 12.6.